The Labute approximate surface area is 180 Å². The van der Waals surface area contributed by atoms with Crippen LogP contribution in [0.25, 0.3) is 10.8 Å². The number of nitrogens with one attached hydrogen (secondary N) is 1. The fourth-order valence-corrected chi connectivity index (χ4v) is 3.22. The lowest BCUT2D eigenvalue weighted by Crippen LogP contribution is -2.33. The summed E-state index contributed by atoms with van der Waals surface area (Å²) in [5.41, 5.74) is 0.834. The molecule has 0 aliphatic carbocycles. The van der Waals surface area contributed by atoms with E-state index in [2.05, 4.69) is 5.32 Å². The molecule has 0 fully saturated rings. The molecule has 1 aromatic heterocycles. The molecule has 0 aliphatic heterocycles. The van der Waals surface area contributed by atoms with Crippen molar-refractivity contribution in [2.24, 2.45) is 0 Å². The van der Waals surface area contributed by atoms with E-state index >= 15 is 0 Å². The smallest absolute Gasteiger partial charge is 0.347 e. The number of pyridine rings is 1. The van der Waals surface area contributed by atoms with Crippen molar-refractivity contribution in [1.29, 1.82) is 0 Å². The molecule has 0 radical (unpaired) electrons. The van der Waals surface area contributed by atoms with Gasteiger partial charge in [-0.1, -0.05) is 36.4 Å². The van der Waals surface area contributed by atoms with Crippen molar-refractivity contribution >= 4 is 22.6 Å². The van der Waals surface area contributed by atoms with Crippen LogP contribution in [0.3, 0.4) is 0 Å². The lowest BCUT2D eigenvalue weighted by Gasteiger charge is -2.15. The van der Waals surface area contributed by atoms with Crippen LogP contribution in [0.5, 0.6) is 5.75 Å². The van der Waals surface area contributed by atoms with Crippen molar-refractivity contribution in [3.05, 3.63) is 76.7 Å². The number of amides is 1. The monoisotopic (exact) mass is 422 g/mol. The van der Waals surface area contributed by atoms with Gasteiger partial charge >= 0.3 is 5.97 Å². The second-order valence-electron chi connectivity index (χ2n) is 7.06. The molecule has 2 aromatic carbocycles. The van der Waals surface area contributed by atoms with Crippen LogP contribution in [0.4, 0.5) is 0 Å². The molecule has 0 unspecified atom stereocenters. The standard InChI is InChI=1S/C24H26N2O5/c1-3-30-24(29)17(2)31-21-11-7-10-20-19(21)13-15-26(23(20)28)16-22(27)25-14-12-18-8-5-4-6-9-18/h4-11,13,15,17H,3,12,14,16H2,1-2H3,(H,25,27)/t17-/m1/s1. The first-order chi connectivity index (χ1) is 15.0. The van der Waals surface area contributed by atoms with Gasteiger partial charge < -0.3 is 19.4 Å². The Morgan fingerprint density at radius 1 is 1.03 bits per heavy atom. The van der Waals surface area contributed by atoms with Crippen molar-refractivity contribution in [2.45, 2.75) is 32.9 Å². The molecule has 0 saturated carbocycles. The summed E-state index contributed by atoms with van der Waals surface area (Å²) in [6.07, 6.45) is 1.48. The Kier molecular flexibility index (Phi) is 7.43. The Bertz CT molecular complexity index is 1110. The van der Waals surface area contributed by atoms with Crippen molar-refractivity contribution in [3.63, 3.8) is 0 Å². The lowest BCUT2D eigenvalue weighted by atomic mass is 10.1. The summed E-state index contributed by atoms with van der Waals surface area (Å²) in [7, 11) is 0. The predicted molar refractivity (Wildman–Crippen MR) is 118 cm³/mol. The van der Waals surface area contributed by atoms with E-state index in [1.54, 1.807) is 44.3 Å². The molecular weight excluding hydrogens is 396 g/mol. The van der Waals surface area contributed by atoms with E-state index in [-0.39, 0.29) is 24.6 Å². The number of hydrogen-bond donors (Lipinski definition) is 1. The van der Waals surface area contributed by atoms with Crippen LogP contribution < -0.4 is 15.6 Å². The van der Waals surface area contributed by atoms with Gasteiger partial charge in [0, 0.05) is 18.1 Å². The second kappa shape index (κ2) is 10.4. The number of ether oxygens (including phenoxy) is 2. The zero-order valence-corrected chi connectivity index (χ0v) is 17.7. The average molecular weight is 422 g/mol. The van der Waals surface area contributed by atoms with E-state index in [0.29, 0.717) is 23.1 Å². The molecule has 1 amide bonds. The van der Waals surface area contributed by atoms with Crippen molar-refractivity contribution in [1.82, 2.24) is 9.88 Å². The van der Waals surface area contributed by atoms with Gasteiger partial charge in [-0.3, -0.25) is 9.59 Å². The summed E-state index contributed by atoms with van der Waals surface area (Å²) in [6, 6.07) is 16.6. The fraction of sp³-hybridized carbons (Fsp3) is 0.292. The number of aromatic nitrogens is 1. The number of rotatable bonds is 9. The lowest BCUT2D eigenvalue weighted by molar-refractivity contribution is -0.150. The maximum absolute atomic E-state index is 12.9. The molecule has 3 aromatic rings. The average Bonchev–Trinajstić information content (AvgIpc) is 2.77. The molecule has 31 heavy (non-hydrogen) atoms. The van der Waals surface area contributed by atoms with E-state index < -0.39 is 12.1 Å². The Balaban J connectivity index is 1.68. The van der Waals surface area contributed by atoms with Crippen molar-refractivity contribution in [3.8, 4) is 5.75 Å². The van der Waals surface area contributed by atoms with Crippen LogP contribution in [-0.2, 0) is 27.3 Å². The van der Waals surface area contributed by atoms with Gasteiger partial charge in [0.15, 0.2) is 6.10 Å². The zero-order valence-electron chi connectivity index (χ0n) is 17.7. The third-order valence-electron chi connectivity index (χ3n) is 4.79. The molecule has 0 spiro atoms. The van der Waals surface area contributed by atoms with Gasteiger partial charge in [0.25, 0.3) is 5.56 Å². The maximum Gasteiger partial charge on any atom is 0.347 e. The normalized spacial score (nSPS) is 11.7. The minimum Gasteiger partial charge on any atom is -0.478 e. The van der Waals surface area contributed by atoms with E-state index in [4.69, 9.17) is 9.47 Å². The summed E-state index contributed by atoms with van der Waals surface area (Å²) in [4.78, 5) is 37.0. The van der Waals surface area contributed by atoms with E-state index in [9.17, 15) is 14.4 Å². The Morgan fingerprint density at radius 3 is 2.55 bits per heavy atom. The van der Waals surface area contributed by atoms with Gasteiger partial charge in [0.1, 0.15) is 12.3 Å². The van der Waals surface area contributed by atoms with Gasteiger partial charge in [-0.2, -0.15) is 0 Å². The van der Waals surface area contributed by atoms with Gasteiger partial charge in [-0.25, -0.2) is 4.79 Å². The Morgan fingerprint density at radius 2 is 1.81 bits per heavy atom. The van der Waals surface area contributed by atoms with Crippen LogP contribution in [-0.4, -0.2) is 35.7 Å². The van der Waals surface area contributed by atoms with Crippen molar-refractivity contribution < 1.29 is 19.1 Å². The summed E-state index contributed by atoms with van der Waals surface area (Å²) < 4.78 is 12.0. The first kappa shape index (κ1) is 22.1. The summed E-state index contributed by atoms with van der Waals surface area (Å²) in [5, 5.41) is 3.83. The number of benzene rings is 2. The topological polar surface area (TPSA) is 86.6 Å². The molecule has 7 heteroatoms. The summed E-state index contributed by atoms with van der Waals surface area (Å²) in [6.45, 7) is 4.00. The van der Waals surface area contributed by atoms with Crippen LogP contribution in [0.15, 0.2) is 65.6 Å². The number of carbonyl (C=O) groups excluding carboxylic acids is 2. The van der Waals surface area contributed by atoms with Crippen LogP contribution in [0.1, 0.15) is 19.4 Å². The first-order valence-corrected chi connectivity index (χ1v) is 10.3. The SMILES string of the molecule is CCOC(=O)[C@@H](C)Oc1cccc2c(=O)n(CC(=O)NCCc3ccccc3)ccc12. The highest BCUT2D eigenvalue weighted by atomic mass is 16.6. The quantitative estimate of drug-likeness (QED) is 0.536. The highest BCUT2D eigenvalue weighted by molar-refractivity contribution is 5.88. The predicted octanol–water partition coefficient (Wildman–Crippen LogP) is 2.69. The second-order valence-corrected chi connectivity index (χ2v) is 7.06. The molecule has 7 nitrogen and oxygen atoms in total. The van der Waals surface area contributed by atoms with E-state index in [0.717, 1.165) is 12.0 Å². The minimum absolute atomic E-state index is 0.0755. The highest BCUT2D eigenvalue weighted by Gasteiger charge is 2.18. The van der Waals surface area contributed by atoms with Crippen molar-refractivity contribution in [2.75, 3.05) is 13.2 Å². The number of nitrogens with zero attached hydrogens (tertiary/aromatic N) is 1. The number of esters is 1. The Hall–Kier alpha value is -3.61. The third kappa shape index (κ3) is 5.72. The molecule has 0 bridgehead atoms. The summed E-state index contributed by atoms with van der Waals surface area (Å²) in [5.74, 6) is -0.296. The fourth-order valence-electron chi connectivity index (χ4n) is 3.22. The van der Waals surface area contributed by atoms with Gasteiger partial charge in [-0.05, 0) is 44.0 Å². The molecule has 162 valence electrons. The van der Waals surface area contributed by atoms with Gasteiger partial charge in [0.05, 0.1) is 12.0 Å². The maximum atomic E-state index is 12.9. The van der Waals surface area contributed by atoms with Crippen LogP contribution >= 0.6 is 0 Å². The number of hydrogen-bond acceptors (Lipinski definition) is 5. The molecular formula is C24H26N2O5. The largest absolute Gasteiger partial charge is 0.478 e. The minimum atomic E-state index is -0.802. The number of fused-ring (bicyclic) bond motifs is 1. The third-order valence-corrected chi connectivity index (χ3v) is 4.79. The van der Waals surface area contributed by atoms with Gasteiger partial charge in [-0.15, -0.1) is 0 Å². The molecule has 1 N–H and O–H groups in total. The molecule has 1 heterocycles. The van der Waals surface area contributed by atoms with E-state index in [1.165, 1.54) is 4.57 Å². The molecule has 0 saturated heterocycles. The van der Waals surface area contributed by atoms with Crippen LogP contribution in [0.2, 0.25) is 0 Å². The van der Waals surface area contributed by atoms with Gasteiger partial charge in [0.2, 0.25) is 5.91 Å². The van der Waals surface area contributed by atoms with Crippen LogP contribution in [0, 0.1) is 0 Å². The molecule has 0 aliphatic rings. The summed E-state index contributed by atoms with van der Waals surface area (Å²) >= 11 is 0. The molecule has 3 rings (SSSR count). The molecule has 1 atom stereocenters. The van der Waals surface area contributed by atoms with E-state index in [1.807, 2.05) is 30.3 Å². The first-order valence-electron chi connectivity index (χ1n) is 10.3. The number of carbonyl (C=O) groups is 2. The highest BCUT2D eigenvalue weighted by Crippen LogP contribution is 2.24. The zero-order chi connectivity index (χ0) is 22.2.